The summed E-state index contributed by atoms with van der Waals surface area (Å²) in [7, 11) is 0. The van der Waals surface area contributed by atoms with Crippen molar-refractivity contribution in [1.82, 2.24) is 24.7 Å². The van der Waals surface area contributed by atoms with Gasteiger partial charge in [-0.2, -0.15) is 0 Å². The minimum Gasteiger partial charge on any atom is -0.351 e. The van der Waals surface area contributed by atoms with Gasteiger partial charge in [-0.25, -0.2) is 15.0 Å². The van der Waals surface area contributed by atoms with Gasteiger partial charge in [0.1, 0.15) is 23.8 Å². The lowest BCUT2D eigenvalue weighted by Crippen LogP contribution is -2.13. The van der Waals surface area contributed by atoms with E-state index in [2.05, 4.69) is 25.4 Å². The molecule has 3 aromatic heterocycles. The number of anilines is 1. The van der Waals surface area contributed by atoms with Gasteiger partial charge in [-0.3, -0.25) is 9.36 Å². The first-order valence-corrected chi connectivity index (χ1v) is 5.78. The molecular weight excluding hydrogens is 260 g/mol. The Morgan fingerprint density at radius 2 is 2.20 bits per heavy atom. The zero-order chi connectivity index (χ0) is 13.9. The van der Waals surface area contributed by atoms with Crippen LogP contribution in [0, 0.1) is 6.92 Å². The highest BCUT2D eigenvalue weighted by Gasteiger charge is 2.11. The highest BCUT2D eigenvalue weighted by Crippen LogP contribution is 2.11. The first-order valence-electron chi connectivity index (χ1n) is 5.78. The molecule has 0 bridgehead atoms. The quantitative estimate of drug-likeness (QED) is 0.768. The monoisotopic (exact) mass is 270 g/mol. The number of hydrogen-bond donors (Lipinski definition) is 1. The maximum absolute atomic E-state index is 11.8. The van der Waals surface area contributed by atoms with Gasteiger partial charge >= 0.3 is 0 Å². The van der Waals surface area contributed by atoms with E-state index in [1.807, 2.05) is 6.92 Å². The van der Waals surface area contributed by atoms with Crippen molar-refractivity contribution in [2.45, 2.75) is 6.92 Å². The second kappa shape index (κ2) is 4.92. The third kappa shape index (κ3) is 2.26. The lowest BCUT2D eigenvalue weighted by molar-refractivity contribution is 0.0987. The van der Waals surface area contributed by atoms with Gasteiger partial charge in [-0.15, -0.1) is 0 Å². The Balaban J connectivity index is 1.85. The Labute approximate surface area is 113 Å². The first kappa shape index (κ1) is 12.0. The molecule has 0 spiro atoms. The molecule has 0 atom stereocenters. The van der Waals surface area contributed by atoms with Crippen molar-refractivity contribution >= 4 is 11.7 Å². The number of aryl methyl sites for hydroxylation is 1. The third-order valence-electron chi connectivity index (χ3n) is 2.63. The SMILES string of the molecule is Cc1nccn1-c1cc(NC(=O)c2ccno2)ncn1. The molecule has 3 aromatic rings. The molecule has 0 aliphatic heterocycles. The number of rotatable bonds is 3. The molecule has 0 saturated heterocycles. The fraction of sp³-hybridized carbons (Fsp3) is 0.0833. The van der Waals surface area contributed by atoms with Gasteiger partial charge in [0, 0.05) is 24.5 Å². The zero-order valence-electron chi connectivity index (χ0n) is 10.5. The number of imidazole rings is 1. The average Bonchev–Trinajstić information content (AvgIpc) is 3.10. The fourth-order valence-electron chi connectivity index (χ4n) is 1.68. The van der Waals surface area contributed by atoms with Crippen LogP contribution in [0.1, 0.15) is 16.4 Å². The third-order valence-corrected chi connectivity index (χ3v) is 2.63. The Morgan fingerprint density at radius 3 is 2.90 bits per heavy atom. The van der Waals surface area contributed by atoms with Gasteiger partial charge < -0.3 is 9.84 Å². The van der Waals surface area contributed by atoms with Crippen LogP contribution in [0.5, 0.6) is 0 Å². The molecule has 0 saturated carbocycles. The lowest BCUT2D eigenvalue weighted by Gasteiger charge is -2.06. The van der Waals surface area contributed by atoms with Crippen LogP contribution in [0.3, 0.4) is 0 Å². The van der Waals surface area contributed by atoms with Crippen molar-refractivity contribution in [2.75, 3.05) is 5.32 Å². The van der Waals surface area contributed by atoms with Gasteiger partial charge in [-0.05, 0) is 6.92 Å². The number of carbonyl (C=O) groups is 1. The molecule has 8 nitrogen and oxygen atoms in total. The molecule has 100 valence electrons. The largest absolute Gasteiger partial charge is 0.351 e. The predicted octanol–water partition coefficient (Wildman–Crippen LogP) is 1.21. The van der Waals surface area contributed by atoms with Gasteiger partial charge in [-0.1, -0.05) is 5.16 Å². The molecular formula is C12H10N6O2. The van der Waals surface area contributed by atoms with Crippen LogP contribution < -0.4 is 5.32 Å². The van der Waals surface area contributed by atoms with Crippen LogP contribution >= 0.6 is 0 Å². The second-order valence-electron chi connectivity index (χ2n) is 3.94. The van der Waals surface area contributed by atoms with Crippen LogP contribution in [-0.2, 0) is 0 Å². The number of amides is 1. The van der Waals surface area contributed by atoms with Crippen molar-refractivity contribution in [3.05, 3.63) is 48.6 Å². The van der Waals surface area contributed by atoms with Crippen molar-refractivity contribution in [2.24, 2.45) is 0 Å². The Bertz CT molecular complexity index is 734. The summed E-state index contributed by atoms with van der Waals surface area (Å²) in [5.74, 6) is 1.46. The minimum absolute atomic E-state index is 0.115. The van der Waals surface area contributed by atoms with E-state index >= 15 is 0 Å². The molecule has 0 fully saturated rings. The molecule has 20 heavy (non-hydrogen) atoms. The molecule has 0 aliphatic carbocycles. The van der Waals surface area contributed by atoms with Crippen molar-refractivity contribution < 1.29 is 9.32 Å². The van der Waals surface area contributed by atoms with Gasteiger partial charge in [0.15, 0.2) is 0 Å². The molecule has 0 radical (unpaired) electrons. The van der Waals surface area contributed by atoms with E-state index in [4.69, 9.17) is 4.52 Å². The topological polar surface area (TPSA) is 98.7 Å². The van der Waals surface area contributed by atoms with E-state index in [1.54, 1.807) is 23.0 Å². The van der Waals surface area contributed by atoms with Crippen LogP contribution in [0.4, 0.5) is 5.82 Å². The number of hydrogen-bond acceptors (Lipinski definition) is 6. The van der Waals surface area contributed by atoms with E-state index in [9.17, 15) is 4.79 Å². The van der Waals surface area contributed by atoms with Gasteiger partial charge in [0.05, 0.1) is 6.20 Å². The van der Waals surface area contributed by atoms with Crippen molar-refractivity contribution in [1.29, 1.82) is 0 Å². The van der Waals surface area contributed by atoms with Crippen LogP contribution in [-0.4, -0.2) is 30.6 Å². The summed E-state index contributed by atoms with van der Waals surface area (Å²) in [5, 5.41) is 6.08. The number of nitrogens with one attached hydrogen (secondary N) is 1. The average molecular weight is 270 g/mol. The second-order valence-corrected chi connectivity index (χ2v) is 3.94. The molecule has 8 heteroatoms. The van der Waals surface area contributed by atoms with Crippen LogP contribution in [0.25, 0.3) is 5.82 Å². The summed E-state index contributed by atoms with van der Waals surface area (Å²) in [4.78, 5) is 24.1. The maximum atomic E-state index is 11.8. The molecule has 0 aliphatic rings. The molecule has 1 amide bonds. The van der Waals surface area contributed by atoms with Gasteiger partial charge in [0.2, 0.25) is 5.76 Å². The highest BCUT2D eigenvalue weighted by atomic mass is 16.5. The standard InChI is InChI=1S/C12H10N6O2/c1-8-13-4-5-18(8)11-6-10(14-7-15-11)17-12(19)9-2-3-16-20-9/h2-7H,1H3,(H,14,15,17,19). The van der Waals surface area contributed by atoms with Gasteiger partial charge in [0.25, 0.3) is 5.91 Å². The normalized spacial score (nSPS) is 10.4. The first-order chi connectivity index (χ1) is 9.74. The number of aromatic nitrogens is 5. The number of nitrogens with zero attached hydrogens (tertiary/aromatic N) is 5. The highest BCUT2D eigenvalue weighted by molar-refractivity contribution is 6.01. The molecule has 1 N–H and O–H groups in total. The molecule has 0 unspecified atom stereocenters. The van der Waals surface area contributed by atoms with Crippen LogP contribution in [0.15, 0.2) is 41.6 Å². The summed E-state index contributed by atoms with van der Waals surface area (Å²) < 4.78 is 6.55. The smallest absolute Gasteiger partial charge is 0.295 e. The van der Waals surface area contributed by atoms with E-state index in [1.165, 1.54) is 18.6 Å². The fourth-order valence-corrected chi connectivity index (χ4v) is 1.68. The lowest BCUT2D eigenvalue weighted by atomic mass is 10.4. The predicted molar refractivity (Wildman–Crippen MR) is 68.3 cm³/mol. The number of carbonyl (C=O) groups excluding carboxylic acids is 1. The Morgan fingerprint density at radius 1 is 1.30 bits per heavy atom. The van der Waals surface area contributed by atoms with Crippen molar-refractivity contribution in [3.63, 3.8) is 0 Å². The molecule has 3 heterocycles. The zero-order valence-corrected chi connectivity index (χ0v) is 10.5. The van der Waals surface area contributed by atoms with E-state index in [0.717, 1.165) is 5.82 Å². The van der Waals surface area contributed by atoms with E-state index in [-0.39, 0.29) is 5.76 Å². The minimum atomic E-state index is -0.422. The summed E-state index contributed by atoms with van der Waals surface area (Å²) in [6.45, 7) is 1.86. The molecule has 3 rings (SSSR count). The van der Waals surface area contributed by atoms with E-state index < -0.39 is 5.91 Å². The summed E-state index contributed by atoms with van der Waals surface area (Å²) >= 11 is 0. The summed E-state index contributed by atoms with van der Waals surface area (Å²) in [6.07, 6.45) is 6.21. The Kier molecular flexibility index (Phi) is 2.96. The van der Waals surface area contributed by atoms with Crippen molar-refractivity contribution in [3.8, 4) is 5.82 Å². The summed E-state index contributed by atoms with van der Waals surface area (Å²) in [6, 6.07) is 3.11. The Hall–Kier alpha value is -3.03. The maximum Gasteiger partial charge on any atom is 0.295 e. The molecule has 0 aromatic carbocycles. The summed E-state index contributed by atoms with van der Waals surface area (Å²) in [5.41, 5.74) is 0. The van der Waals surface area contributed by atoms with E-state index in [0.29, 0.717) is 11.6 Å². The van der Waals surface area contributed by atoms with Crippen LogP contribution in [0.2, 0.25) is 0 Å².